The van der Waals surface area contributed by atoms with Crippen LogP contribution in [0, 0.1) is 17.8 Å². The molecule has 8 heteroatoms. The highest BCUT2D eigenvalue weighted by molar-refractivity contribution is 8.02. The molecule has 0 saturated carbocycles. The maximum Gasteiger partial charge on any atom is 0.311 e. The Bertz CT molecular complexity index is 1460. The van der Waals surface area contributed by atoms with Gasteiger partial charge in [0.1, 0.15) is 6.04 Å². The highest BCUT2D eigenvalue weighted by Crippen LogP contribution is 2.65. The van der Waals surface area contributed by atoms with Crippen molar-refractivity contribution in [3.05, 3.63) is 66.8 Å². The molecule has 42 heavy (non-hydrogen) atoms. The maximum atomic E-state index is 14.9. The zero-order valence-corrected chi connectivity index (χ0v) is 25.4. The quantitative estimate of drug-likeness (QED) is 0.386. The number of carbonyl (C=O) groups excluding carboxylic acids is 3. The number of esters is 1. The Morgan fingerprint density at radius 3 is 2.57 bits per heavy atom. The molecule has 7 nitrogen and oxygen atoms in total. The number of allylic oxidation sites excluding steroid dienone is 1. The average molecular weight is 589 g/mol. The largest absolute Gasteiger partial charge is 0.465 e. The number of cyclic esters (lactones) is 1. The van der Waals surface area contributed by atoms with E-state index in [0.717, 1.165) is 42.1 Å². The van der Waals surface area contributed by atoms with Crippen molar-refractivity contribution in [3.8, 4) is 0 Å². The molecule has 2 aromatic carbocycles. The van der Waals surface area contributed by atoms with Crippen molar-refractivity contribution in [1.29, 1.82) is 0 Å². The number of fused-ring (bicyclic) bond motifs is 3. The van der Waals surface area contributed by atoms with Gasteiger partial charge in [-0.3, -0.25) is 14.4 Å². The third-order valence-electron chi connectivity index (χ3n) is 9.83. The first kappa shape index (κ1) is 29.0. The Balaban J connectivity index is 1.51. The van der Waals surface area contributed by atoms with Gasteiger partial charge in [0.15, 0.2) is 0 Å². The topological polar surface area (TPSA) is 87.2 Å². The number of likely N-dealkylation sites (tertiary alicyclic amines) is 1. The van der Waals surface area contributed by atoms with Crippen LogP contribution in [0.3, 0.4) is 0 Å². The molecule has 2 saturated heterocycles. The highest BCUT2D eigenvalue weighted by atomic mass is 32.2. The summed E-state index contributed by atoms with van der Waals surface area (Å²) in [4.78, 5) is 46.8. The summed E-state index contributed by atoms with van der Waals surface area (Å²) in [6.45, 7) is 6.44. The van der Waals surface area contributed by atoms with Crippen molar-refractivity contribution in [2.45, 2.75) is 68.0 Å². The normalized spacial score (nSPS) is 33.4. The van der Waals surface area contributed by atoms with Crippen LogP contribution in [0.15, 0.2) is 66.8 Å². The van der Waals surface area contributed by atoms with Gasteiger partial charge in [0.2, 0.25) is 5.91 Å². The van der Waals surface area contributed by atoms with E-state index in [2.05, 4.69) is 12.2 Å². The summed E-state index contributed by atoms with van der Waals surface area (Å²) < 4.78 is 4.07. The number of ether oxygens (including phenoxy) is 1. The SMILES string of the molecule is CC[C@H](C)[C@H](CO)N1C(=O)[C@@H]2[C@@H]3C(=O)OCCCC/C=C\[C@]3(C)S[C@@]23C=CCN(c2ccc4ccccc4c2)C(=O)C13. The zero-order chi connectivity index (χ0) is 29.6. The van der Waals surface area contributed by atoms with E-state index in [9.17, 15) is 19.5 Å². The molecule has 7 atom stereocenters. The van der Waals surface area contributed by atoms with Crippen LogP contribution >= 0.6 is 11.8 Å². The van der Waals surface area contributed by atoms with Crippen molar-refractivity contribution in [2.24, 2.45) is 17.8 Å². The summed E-state index contributed by atoms with van der Waals surface area (Å²) in [5.74, 6) is -2.41. The number of amides is 2. The molecule has 2 amide bonds. The predicted octanol–water partition coefficient (Wildman–Crippen LogP) is 5.12. The van der Waals surface area contributed by atoms with Crippen LogP contribution < -0.4 is 4.90 Å². The molecule has 6 rings (SSSR count). The van der Waals surface area contributed by atoms with Crippen LogP contribution in [0.4, 0.5) is 5.69 Å². The Kier molecular flexibility index (Phi) is 7.73. The van der Waals surface area contributed by atoms with E-state index < -0.39 is 33.4 Å². The number of anilines is 1. The fourth-order valence-electron chi connectivity index (χ4n) is 7.48. The van der Waals surface area contributed by atoms with Crippen molar-refractivity contribution in [3.63, 3.8) is 0 Å². The summed E-state index contributed by atoms with van der Waals surface area (Å²) >= 11 is 1.55. The van der Waals surface area contributed by atoms with Gasteiger partial charge in [-0.25, -0.2) is 0 Å². The molecule has 4 aliphatic rings. The van der Waals surface area contributed by atoms with E-state index >= 15 is 0 Å². The molecule has 4 aliphatic heterocycles. The van der Waals surface area contributed by atoms with Crippen LogP contribution in [0.5, 0.6) is 0 Å². The number of carbonyl (C=O) groups is 3. The van der Waals surface area contributed by atoms with Crippen LogP contribution in [0.25, 0.3) is 10.8 Å². The second-order valence-electron chi connectivity index (χ2n) is 12.3. The fourth-order valence-corrected chi connectivity index (χ4v) is 9.62. The monoisotopic (exact) mass is 588 g/mol. The van der Waals surface area contributed by atoms with Crippen LogP contribution in [0.1, 0.15) is 46.5 Å². The minimum Gasteiger partial charge on any atom is -0.465 e. The number of rotatable bonds is 5. The smallest absolute Gasteiger partial charge is 0.311 e. The van der Waals surface area contributed by atoms with Gasteiger partial charge in [-0.05, 0) is 55.0 Å². The number of aliphatic hydroxyl groups is 1. The van der Waals surface area contributed by atoms with Gasteiger partial charge < -0.3 is 19.6 Å². The minimum atomic E-state index is -0.989. The van der Waals surface area contributed by atoms with Gasteiger partial charge in [0.05, 0.1) is 35.8 Å². The van der Waals surface area contributed by atoms with Gasteiger partial charge in [0.25, 0.3) is 5.91 Å². The summed E-state index contributed by atoms with van der Waals surface area (Å²) in [5, 5.41) is 12.8. The highest BCUT2D eigenvalue weighted by Gasteiger charge is 2.74. The molecule has 2 aromatic rings. The molecule has 4 heterocycles. The predicted molar refractivity (Wildman–Crippen MR) is 166 cm³/mol. The van der Waals surface area contributed by atoms with Gasteiger partial charge >= 0.3 is 5.97 Å². The number of aliphatic hydroxyl groups excluding tert-OH is 1. The molecule has 0 radical (unpaired) electrons. The number of nitrogens with zero attached hydrogens (tertiary/aromatic N) is 2. The first-order chi connectivity index (χ1) is 20.3. The second-order valence-corrected chi connectivity index (χ2v) is 14.1. The van der Waals surface area contributed by atoms with Crippen molar-refractivity contribution < 1.29 is 24.2 Å². The lowest BCUT2D eigenvalue weighted by atomic mass is 9.74. The molecule has 0 aliphatic carbocycles. The van der Waals surface area contributed by atoms with Gasteiger partial charge in [0, 0.05) is 17.0 Å². The lowest BCUT2D eigenvalue weighted by molar-refractivity contribution is -0.155. The van der Waals surface area contributed by atoms with Crippen LogP contribution in [-0.2, 0) is 19.1 Å². The van der Waals surface area contributed by atoms with Crippen molar-refractivity contribution in [2.75, 3.05) is 24.7 Å². The molecular formula is C34H40N2O5S. The van der Waals surface area contributed by atoms with Crippen molar-refractivity contribution in [1.82, 2.24) is 4.90 Å². The average Bonchev–Trinajstić information content (AvgIpc) is 3.32. The number of hydrogen-bond donors (Lipinski definition) is 1. The molecule has 222 valence electrons. The Labute approximate surface area is 252 Å². The van der Waals surface area contributed by atoms with Crippen LogP contribution in [0.2, 0.25) is 0 Å². The number of hydrogen-bond acceptors (Lipinski definition) is 6. The molecule has 1 N–H and O–H groups in total. The standard InChI is InChI=1S/C34H40N2O5S/c1-4-22(2)26(21-37)36-29-31(39)35(25-15-14-23-12-7-8-13-24(23)20-25)18-11-17-34(29)27(30(36)38)28-32(40)41-19-10-6-5-9-16-33(28,3)42-34/h7-9,11-17,20,22,26-29,37H,4-6,10,18-19,21H2,1-3H3/b16-9-/t22-,26-,27-,28+,29?,33-,34-/m0/s1. The minimum absolute atomic E-state index is 0.0451. The van der Waals surface area contributed by atoms with Gasteiger partial charge in [-0.2, -0.15) is 0 Å². The summed E-state index contributed by atoms with van der Waals surface area (Å²) in [6.07, 6.45) is 11.5. The van der Waals surface area contributed by atoms with Gasteiger partial charge in [-0.1, -0.05) is 74.9 Å². The Morgan fingerprint density at radius 2 is 1.81 bits per heavy atom. The van der Waals surface area contributed by atoms with E-state index in [1.165, 1.54) is 0 Å². The molecule has 1 spiro atoms. The molecule has 0 bridgehead atoms. The third-order valence-corrected chi connectivity index (χ3v) is 11.6. The maximum absolute atomic E-state index is 14.9. The van der Waals surface area contributed by atoms with E-state index in [1.807, 2.05) is 75.4 Å². The molecular weight excluding hydrogens is 548 g/mol. The molecule has 1 unspecified atom stereocenters. The van der Waals surface area contributed by atoms with E-state index in [0.29, 0.717) is 13.2 Å². The van der Waals surface area contributed by atoms with Crippen molar-refractivity contribution >= 4 is 46.0 Å². The number of benzene rings is 2. The van der Waals surface area contributed by atoms with E-state index in [1.54, 1.807) is 21.6 Å². The fraction of sp³-hybridized carbons (Fsp3) is 0.500. The number of thioether (sulfide) groups is 1. The van der Waals surface area contributed by atoms with Crippen LogP contribution in [-0.4, -0.2) is 69.1 Å². The first-order valence-electron chi connectivity index (χ1n) is 15.2. The Hall–Kier alpha value is -3.10. The molecule has 0 aromatic heterocycles. The van der Waals surface area contributed by atoms with E-state index in [-0.39, 0.29) is 30.3 Å². The van der Waals surface area contributed by atoms with Gasteiger partial charge in [-0.15, -0.1) is 11.8 Å². The first-order valence-corrected chi connectivity index (χ1v) is 16.0. The molecule has 2 fully saturated rings. The lowest BCUT2D eigenvalue weighted by Crippen LogP contribution is -2.58. The Morgan fingerprint density at radius 1 is 1.02 bits per heavy atom. The summed E-state index contributed by atoms with van der Waals surface area (Å²) in [5.41, 5.74) is 0.757. The van der Waals surface area contributed by atoms with E-state index in [4.69, 9.17) is 4.74 Å². The summed E-state index contributed by atoms with van der Waals surface area (Å²) in [7, 11) is 0. The zero-order valence-electron chi connectivity index (χ0n) is 24.6. The second kappa shape index (κ2) is 11.2. The summed E-state index contributed by atoms with van der Waals surface area (Å²) in [6, 6.07) is 12.6. The lowest BCUT2D eigenvalue weighted by Gasteiger charge is -2.41. The third kappa shape index (κ3) is 4.49.